The van der Waals surface area contributed by atoms with Gasteiger partial charge in [-0.05, 0) is 5.92 Å². The molecule has 0 amide bonds. The fraction of sp³-hybridized carbons (Fsp3) is 0.750. The highest BCUT2D eigenvalue weighted by molar-refractivity contribution is 5.78. The second-order valence-corrected chi connectivity index (χ2v) is 3.28. The lowest BCUT2D eigenvalue weighted by Gasteiger charge is -2.20. The Morgan fingerprint density at radius 2 is 1.69 bits per heavy atom. The lowest BCUT2D eigenvalue weighted by atomic mass is 9.91. The third kappa shape index (κ3) is 3.89. The normalized spacial score (nSPS) is 15.4. The molecule has 0 fully saturated rings. The van der Waals surface area contributed by atoms with Gasteiger partial charge in [0.2, 0.25) is 0 Å². The van der Waals surface area contributed by atoms with E-state index in [1.54, 1.807) is 13.8 Å². The first-order chi connectivity index (χ1) is 5.86. The Labute approximate surface area is 76.0 Å². The molecule has 2 atom stereocenters. The highest BCUT2D eigenvalue weighted by atomic mass is 16.4. The molecule has 0 radical (unpaired) electrons. The summed E-state index contributed by atoms with van der Waals surface area (Å²) in [6.07, 6.45) is -1.66. The highest BCUT2D eigenvalue weighted by Gasteiger charge is 2.30. The molecular formula is C8H14O5. The van der Waals surface area contributed by atoms with Crippen molar-refractivity contribution >= 4 is 11.9 Å². The number of carboxylic acids is 2. The first-order valence-corrected chi connectivity index (χ1v) is 3.99. The van der Waals surface area contributed by atoms with Crippen molar-refractivity contribution in [3.63, 3.8) is 0 Å². The van der Waals surface area contributed by atoms with Crippen molar-refractivity contribution in [2.24, 2.45) is 11.8 Å². The summed E-state index contributed by atoms with van der Waals surface area (Å²) in [7, 11) is 0. The summed E-state index contributed by atoms with van der Waals surface area (Å²) in [5.74, 6) is -3.98. The summed E-state index contributed by atoms with van der Waals surface area (Å²) in [6.45, 7) is 3.28. The predicted octanol–water partition coefficient (Wildman–Crippen LogP) is 0.179. The van der Waals surface area contributed by atoms with Crippen LogP contribution in [-0.2, 0) is 9.59 Å². The third-order valence-corrected chi connectivity index (χ3v) is 1.81. The van der Waals surface area contributed by atoms with Crippen LogP contribution in [-0.4, -0.2) is 33.4 Å². The molecule has 3 N–H and O–H groups in total. The largest absolute Gasteiger partial charge is 0.481 e. The minimum Gasteiger partial charge on any atom is -0.481 e. The zero-order valence-electron chi connectivity index (χ0n) is 7.60. The molecule has 0 aromatic carbocycles. The fourth-order valence-corrected chi connectivity index (χ4v) is 1.01. The van der Waals surface area contributed by atoms with Crippen LogP contribution in [0, 0.1) is 11.8 Å². The molecule has 0 saturated heterocycles. The van der Waals surface area contributed by atoms with Crippen molar-refractivity contribution in [1.29, 1.82) is 0 Å². The Morgan fingerprint density at radius 3 is 1.92 bits per heavy atom. The molecule has 0 aliphatic rings. The van der Waals surface area contributed by atoms with E-state index in [-0.39, 0.29) is 5.92 Å². The molecule has 0 aromatic heterocycles. The van der Waals surface area contributed by atoms with Crippen LogP contribution in [0.15, 0.2) is 0 Å². The van der Waals surface area contributed by atoms with Gasteiger partial charge in [0.15, 0.2) is 0 Å². The quantitative estimate of drug-likeness (QED) is 0.574. The van der Waals surface area contributed by atoms with Crippen molar-refractivity contribution in [1.82, 2.24) is 0 Å². The number of hydrogen-bond acceptors (Lipinski definition) is 3. The summed E-state index contributed by atoms with van der Waals surface area (Å²) >= 11 is 0. The molecule has 0 aliphatic carbocycles. The number of carboxylic acid groups (broad SMARTS) is 2. The van der Waals surface area contributed by atoms with E-state index in [0.29, 0.717) is 0 Å². The van der Waals surface area contributed by atoms with Gasteiger partial charge in [0.25, 0.3) is 0 Å². The van der Waals surface area contributed by atoms with Gasteiger partial charge in [-0.1, -0.05) is 13.8 Å². The van der Waals surface area contributed by atoms with Crippen LogP contribution in [0.3, 0.4) is 0 Å². The van der Waals surface area contributed by atoms with Crippen LogP contribution in [0.5, 0.6) is 0 Å². The Kier molecular flexibility index (Phi) is 4.40. The van der Waals surface area contributed by atoms with Crippen LogP contribution in [0.25, 0.3) is 0 Å². The van der Waals surface area contributed by atoms with Gasteiger partial charge in [-0.2, -0.15) is 0 Å². The molecular weight excluding hydrogens is 176 g/mol. The minimum absolute atomic E-state index is 0.263. The van der Waals surface area contributed by atoms with Crippen molar-refractivity contribution in [3.05, 3.63) is 0 Å². The minimum atomic E-state index is -1.27. The maximum absolute atomic E-state index is 10.6. The molecule has 76 valence electrons. The number of aliphatic hydroxyl groups is 1. The average Bonchev–Trinajstić information content (AvgIpc) is 1.97. The van der Waals surface area contributed by atoms with Gasteiger partial charge in [-0.3, -0.25) is 9.59 Å². The summed E-state index contributed by atoms with van der Waals surface area (Å²) in [5, 5.41) is 26.4. The third-order valence-electron chi connectivity index (χ3n) is 1.81. The zero-order valence-corrected chi connectivity index (χ0v) is 7.60. The molecule has 0 rings (SSSR count). The van der Waals surface area contributed by atoms with E-state index in [1.165, 1.54) is 0 Å². The molecule has 0 heterocycles. The second-order valence-electron chi connectivity index (χ2n) is 3.28. The van der Waals surface area contributed by atoms with E-state index < -0.39 is 30.4 Å². The molecule has 0 spiro atoms. The van der Waals surface area contributed by atoms with E-state index in [2.05, 4.69) is 0 Å². The Morgan fingerprint density at radius 1 is 1.23 bits per heavy atom. The number of hydrogen-bond donors (Lipinski definition) is 3. The van der Waals surface area contributed by atoms with E-state index in [4.69, 9.17) is 10.2 Å². The van der Waals surface area contributed by atoms with Crippen LogP contribution >= 0.6 is 0 Å². The second kappa shape index (κ2) is 4.81. The maximum Gasteiger partial charge on any atom is 0.309 e. The van der Waals surface area contributed by atoms with Gasteiger partial charge < -0.3 is 15.3 Å². The summed E-state index contributed by atoms with van der Waals surface area (Å²) in [4.78, 5) is 20.8. The van der Waals surface area contributed by atoms with Crippen LogP contribution < -0.4 is 0 Å². The van der Waals surface area contributed by atoms with Gasteiger partial charge in [-0.25, -0.2) is 0 Å². The number of rotatable bonds is 5. The van der Waals surface area contributed by atoms with Crippen molar-refractivity contribution in [2.45, 2.75) is 26.4 Å². The fourth-order valence-electron chi connectivity index (χ4n) is 1.01. The van der Waals surface area contributed by atoms with Crippen LogP contribution in [0.2, 0.25) is 0 Å². The smallest absolute Gasteiger partial charge is 0.309 e. The van der Waals surface area contributed by atoms with Crippen LogP contribution in [0.1, 0.15) is 20.3 Å². The average molecular weight is 190 g/mol. The molecule has 5 heteroatoms. The lowest BCUT2D eigenvalue weighted by molar-refractivity contribution is -0.153. The molecule has 5 nitrogen and oxygen atoms in total. The Bertz CT molecular complexity index is 199. The summed E-state index contributed by atoms with van der Waals surface area (Å²) < 4.78 is 0. The monoisotopic (exact) mass is 190 g/mol. The van der Waals surface area contributed by atoms with Gasteiger partial charge in [0.05, 0.1) is 18.4 Å². The van der Waals surface area contributed by atoms with Gasteiger partial charge >= 0.3 is 11.9 Å². The number of carbonyl (C=O) groups is 2. The van der Waals surface area contributed by atoms with E-state index in [1.807, 2.05) is 0 Å². The molecule has 13 heavy (non-hydrogen) atoms. The van der Waals surface area contributed by atoms with Crippen molar-refractivity contribution < 1.29 is 24.9 Å². The molecule has 0 aliphatic heterocycles. The van der Waals surface area contributed by atoms with Crippen molar-refractivity contribution in [2.75, 3.05) is 0 Å². The first kappa shape index (κ1) is 11.9. The zero-order chi connectivity index (χ0) is 10.6. The highest BCUT2D eigenvalue weighted by Crippen LogP contribution is 2.16. The molecule has 0 aromatic rings. The topological polar surface area (TPSA) is 94.8 Å². The standard InChI is InChI=1S/C8H14O5/c1-4(2)7(11)5(8(12)13)3-6(9)10/h4-5,7,11H,3H2,1-2H3,(H,9,10)(H,12,13)/t5-,7?/m0/s1. The summed E-state index contributed by atoms with van der Waals surface area (Å²) in [5.41, 5.74) is 0. The predicted molar refractivity (Wildman–Crippen MR) is 44.2 cm³/mol. The first-order valence-electron chi connectivity index (χ1n) is 3.99. The number of aliphatic carboxylic acids is 2. The Balaban J connectivity index is 4.41. The molecule has 0 saturated carbocycles. The molecule has 1 unspecified atom stereocenters. The van der Waals surface area contributed by atoms with Crippen LogP contribution in [0.4, 0.5) is 0 Å². The van der Waals surface area contributed by atoms with Gasteiger partial charge in [0, 0.05) is 0 Å². The van der Waals surface area contributed by atoms with E-state index >= 15 is 0 Å². The SMILES string of the molecule is CC(C)C(O)[C@H](CC(=O)O)C(=O)O. The summed E-state index contributed by atoms with van der Waals surface area (Å²) in [6, 6.07) is 0. The molecule has 0 bridgehead atoms. The lowest BCUT2D eigenvalue weighted by Crippen LogP contribution is -2.33. The Hall–Kier alpha value is -1.10. The van der Waals surface area contributed by atoms with Gasteiger partial charge in [0.1, 0.15) is 0 Å². The van der Waals surface area contributed by atoms with E-state index in [9.17, 15) is 14.7 Å². The van der Waals surface area contributed by atoms with E-state index in [0.717, 1.165) is 0 Å². The number of aliphatic hydroxyl groups excluding tert-OH is 1. The van der Waals surface area contributed by atoms with Crippen molar-refractivity contribution in [3.8, 4) is 0 Å². The van der Waals surface area contributed by atoms with Gasteiger partial charge in [-0.15, -0.1) is 0 Å². The maximum atomic E-state index is 10.6.